The zero-order chi connectivity index (χ0) is 18.3. The predicted octanol–water partition coefficient (Wildman–Crippen LogP) is 6.27. The molecule has 0 bridgehead atoms. The molecule has 0 saturated heterocycles. The Morgan fingerprint density at radius 1 is 0.846 bits per heavy atom. The van der Waals surface area contributed by atoms with Crippen LogP contribution in [0.2, 0.25) is 0 Å². The van der Waals surface area contributed by atoms with Gasteiger partial charge in [0.25, 0.3) is 0 Å². The number of anilines is 2. The van der Waals surface area contributed by atoms with Gasteiger partial charge in [0.15, 0.2) is 0 Å². The minimum absolute atomic E-state index is 0.952. The molecular formula is C22H20IN3. The van der Waals surface area contributed by atoms with Gasteiger partial charge in [-0.25, -0.2) is 4.98 Å². The second kappa shape index (κ2) is 6.76. The smallest absolute Gasteiger partial charge is 0.143 e. The molecule has 1 N–H and O–H groups in total. The van der Waals surface area contributed by atoms with Crippen LogP contribution in [0.4, 0.5) is 11.5 Å². The third-order valence-electron chi connectivity index (χ3n) is 4.69. The number of aromatic nitrogens is 2. The molecule has 2 aromatic heterocycles. The van der Waals surface area contributed by atoms with Crippen LogP contribution in [-0.4, -0.2) is 9.38 Å². The van der Waals surface area contributed by atoms with Crippen LogP contribution >= 0.6 is 22.6 Å². The monoisotopic (exact) mass is 453 g/mol. The van der Waals surface area contributed by atoms with Gasteiger partial charge in [0, 0.05) is 20.5 Å². The van der Waals surface area contributed by atoms with Gasteiger partial charge >= 0.3 is 0 Å². The molecular weight excluding hydrogens is 433 g/mol. The average molecular weight is 453 g/mol. The van der Waals surface area contributed by atoms with Crippen molar-refractivity contribution in [2.24, 2.45) is 0 Å². The minimum atomic E-state index is 0.952. The largest absolute Gasteiger partial charge is 0.339 e. The lowest BCUT2D eigenvalue weighted by atomic mass is 10.1. The summed E-state index contributed by atoms with van der Waals surface area (Å²) in [6, 6.07) is 21.0. The van der Waals surface area contributed by atoms with Crippen molar-refractivity contribution < 1.29 is 0 Å². The van der Waals surface area contributed by atoms with Crippen LogP contribution in [0.15, 0.2) is 60.7 Å². The van der Waals surface area contributed by atoms with Crippen molar-refractivity contribution in [3.05, 3.63) is 81.1 Å². The number of fused-ring (bicyclic) bond motifs is 1. The first-order valence-corrected chi connectivity index (χ1v) is 9.70. The van der Waals surface area contributed by atoms with Gasteiger partial charge in [0.1, 0.15) is 17.2 Å². The summed E-state index contributed by atoms with van der Waals surface area (Å²) in [6.45, 7) is 6.39. The molecule has 3 nitrogen and oxygen atoms in total. The Bertz CT molecular complexity index is 1090. The average Bonchev–Trinajstić information content (AvgIpc) is 2.98. The lowest BCUT2D eigenvalue weighted by Crippen LogP contribution is -2.02. The number of pyridine rings is 1. The number of nitrogens with zero attached hydrogens (tertiary/aromatic N) is 2. The van der Waals surface area contributed by atoms with Gasteiger partial charge in [-0.2, -0.15) is 0 Å². The predicted molar refractivity (Wildman–Crippen MR) is 117 cm³/mol. The van der Waals surface area contributed by atoms with Crippen LogP contribution in [0.5, 0.6) is 0 Å². The van der Waals surface area contributed by atoms with E-state index in [-0.39, 0.29) is 0 Å². The summed E-state index contributed by atoms with van der Waals surface area (Å²) in [7, 11) is 0. The van der Waals surface area contributed by atoms with Gasteiger partial charge in [0.2, 0.25) is 0 Å². The Labute approximate surface area is 167 Å². The minimum Gasteiger partial charge on any atom is -0.339 e. The molecule has 2 aromatic carbocycles. The summed E-state index contributed by atoms with van der Waals surface area (Å²) in [4.78, 5) is 4.96. The Morgan fingerprint density at radius 3 is 2.27 bits per heavy atom. The van der Waals surface area contributed by atoms with Crippen molar-refractivity contribution in [3.8, 4) is 11.3 Å². The maximum atomic E-state index is 4.96. The van der Waals surface area contributed by atoms with Gasteiger partial charge in [-0.05, 0) is 72.7 Å². The maximum absolute atomic E-state index is 4.96. The number of para-hydroxylation sites is 1. The standard InChI is InChI=1S/C22H20IN3/c1-14-8-6-9-15(2)20(14)25-22-21(17-11-4-5-12-18(17)23)24-19-13-7-10-16(3)26(19)22/h4-13,25H,1-3H3. The van der Waals surface area contributed by atoms with Crippen molar-refractivity contribution in [1.29, 1.82) is 0 Å². The summed E-state index contributed by atoms with van der Waals surface area (Å²) in [5.74, 6) is 1.01. The molecule has 0 aliphatic heterocycles. The summed E-state index contributed by atoms with van der Waals surface area (Å²) >= 11 is 2.38. The SMILES string of the molecule is Cc1cccc(C)c1Nc1c(-c2ccccc2I)nc2cccc(C)n12. The van der Waals surface area contributed by atoms with Crippen LogP contribution in [-0.2, 0) is 0 Å². The Hall–Kier alpha value is -2.34. The van der Waals surface area contributed by atoms with Gasteiger partial charge in [-0.15, -0.1) is 0 Å². The third kappa shape index (κ3) is 2.88. The molecule has 2 heterocycles. The van der Waals surface area contributed by atoms with Crippen molar-refractivity contribution in [2.45, 2.75) is 20.8 Å². The molecule has 0 atom stereocenters. The number of aryl methyl sites for hydroxylation is 3. The second-order valence-electron chi connectivity index (χ2n) is 6.54. The zero-order valence-corrected chi connectivity index (χ0v) is 17.2. The quantitative estimate of drug-likeness (QED) is 0.371. The Kier molecular flexibility index (Phi) is 4.44. The van der Waals surface area contributed by atoms with E-state index in [4.69, 9.17) is 4.98 Å². The number of imidazole rings is 1. The highest BCUT2D eigenvalue weighted by molar-refractivity contribution is 14.1. The fraction of sp³-hybridized carbons (Fsp3) is 0.136. The van der Waals surface area contributed by atoms with Crippen molar-refractivity contribution in [3.63, 3.8) is 0 Å². The zero-order valence-electron chi connectivity index (χ0n) is 15.0. The van der Waals surface area contributed by atoms with E-state index < -0.39 is 0 Å². The van der Waals surface area contributed by atoms with E-state index >= 15 is 0 Å². The van der Waals surface area contributed by atoms with E-state index in [9.17, 15) is 0 Å². The molecule has 4 rings (SSSR count). The molecule has 26 heavy (non-hydrogen) atoms. The van der Waals surface area contributed by atoms with Gasteiger partial charge < -0.3 is 5.32 Å². The van der Waals surface area contributed by atoms with Crippen LogP contribution in [0.1, 0.15) is 16.8 Å². The molecule has 0 spiro atoms. The van der Waals surface area contributed by atoms with E-state index in [0.717, 1.165) is 34.1 Å². The van der Waals surface area contributed by atoms with Gasteiger partial charge in [-0.3, -0.25) is 4.40 Å². The first-order chi connectivity index (χ1) is 12.6. The summed E-state index contributed by atoms with van der Waals surface area (Å²) < 4.78 is 3.39. The first-order valence-electron chi connectivity index (χ1n) is 8.62. The Balaban J connectivity index is 2.00. The fourth-order valence-electron chi connectivity index (χ4n) is 3.34. The number of rotatable bonds is 3. The molecule has 4 heteroatoms. The maximum Gasteiger partial charge on any atom is 0.143 e. The topological polar surface area (TPSA) is 29.3 Å². The van der Waals surface area contributed by atoms with Crippen molar-refractivity contribution in [2.75, 3.05) is 5.32 Å². The van der Waals surface area contributed by atoms with Crippen molar-refractivity contribution >= 4 is 39.7 Å². The van der Waals surface area contributed by atoms with Crippen LogP contribution in [0.3, 0.4) is 0 Å². The number of nitrogens with one attached hydrogen (secondary N) is 1. The molecule has 130 valence electrons. The van der Waals surface area contributed by atoms with Gasteiger partial charge in [0.05, 0.1) is 0 Å². The second-order valence-corrected chi connectivity index (χ2v) is 7.70. The third-order valence-corrected chi connectivity index (χ3v) is 5.63. The summed E-state index contributed by atoms with van der Waals surface area (Å²) in [5, 5.41) is 3.70. The summed E-state index contributed by atoms with van der Waals surface area (Å²) in [5.41, 5.74) is 7.82. The van der Waals surface area contributed by atoms with Crippen molar-refractivity contribution in [1.82, 2.24) is 9.38 Å². The highest BCUT2D eigenvalue weighted by atomic mass is 127. The van der Waals surface area contributed by atoms with Crippen LogP contribution in [0.25, 0.3) is 16.9 Å². The normalized spacial score (nSPS) is 11.1. The molecule has 0 amide bonds. The highest BCUT2D eigenvalue weighted by Gasteiger charge is 2.18. The number of benzene rings is 2. The molecule has 0 aliphatic rings. The molecule has 0 saturated carbocycles. The molecule has 0 fully saturated rings. The van der Waals surface area contributed by atoms with E-state index in [1.54, 1.807) is 0 Å². The number of hydrogen-bond donors (Lipinski definition) is 1. The lowest BCUT2D eigenvalue weighted by molar-refractivity contribution is 1.09. The van der Waals surface area contributed by atoms with Gasteiger partial charge in [-0.1, -0.05) is 42.5 Å². The van der Waals surface area contributed by atoms with Crippen LogP contribution < -0.4 is 5.32 Å². The fourth-order valence-corrected chi connectivity index (χ4v) is 3.98. The van der Waals surface area contributed by atoms with E-state index in [0.29, 0.717) is 0 Å². The highest BCUT2D eigenvalue weighted by Crippen LogP contribution is 2.35. The number of halogens is 1. The van der Waals surface area contributed by atoms with E-state index in [2.05, 4.69) is 114 Å². The first kappa shape index (κ1) is 17.1. The molecule has 4 aromatic rings. The number of hydrogen-bond acceptors (Lipinski definition) is 2. The van der Waals surface area contributed by atoms with E-state index in [1.807, 2.05) is 0 Å². The molecule has 0 radical (unpaired) electrons. The summed E-state index contributed by atoms with van der Waals surface area (Å²) in [6.07, 6.45) is 0. The van der Waals surface area contributed by atoms with E-state index in [1.165, 1.54) is 14.7 Å². The lowest BCUT2D eigenvalue weighted by Gasteiger charge is -2.15. The Morgan fingerprint density at radius 2 is 1.54 bits per heavy atom. The molecule has 0 aliphatic carbocycles. The molecule has 0 unspecified atom stereocenters. The van der Waals surface area contributed by atoms with Crippen LogP contribution in [0, 0.1) is 24.3 Å².